The number of thiazole rings is 1. The number of aromatic nitrogens is 1. The summed E-state index contributed by atoms with van der Waals surface area (Å²) < 4.78 is 0.663. The zero-order valence-electron chi connectivity index (χ0n) is 11.7. The highest BCUT2D eigenvalue weighted by atomic mass is 35.5. The normalized spacial score (nSPS) is 16.4. The molecule has 1 saturated heterocycles. The van der Waals surface area contributed by atoms with Gasteiger partial charge in [-0.05, 0) is 19.1 Å². The van der Waals surface area contributed by atoms with E-state index in [0.29, 0.717) is 4.34 Å². The summed E-state index contributed by atoms with van der Waals surface area (Å²) in [6, 6.07) is 3.58. The first-order valence-corrected chi connectivity index (χ1v) is 8.87. The van der Waals surface area contributed by atoms with Crippen LogP contribution in [0.25, 0.3) is 0 Å². The molecule has 7 heteroatoms. The van der Waals surface area contributed by atoms with Gasteiger partial charge in [-0.2, -0.15) is 0 Å². The van der Waals surface area contributed by atoms with E-state index in [2.05, 4.69) is 15.3 Å². The van der Waals surface area contributed by atoms with Gasteiger partial charge in [0.25, 0.3) is 5.91 Å². The Balaban J connectivity index is 1.54. The number of nitrogens with zero attached hydrogens (tertiary/aromatic N) is 3. The molecule has 0 unspecified atom stereocenters. The first-order valence-electron chi connectivity index (χ1n) is 6.80. The summed E-state index contributed by atoms with van der Waals surface area (Å²) in [7, 11) is 0. The fourth-order valence-corrected chi connectivity index (χ4v) is 4.02. The number of hydrogen-bond acceptors (Lipinski definition) is 5. The Morgan fingerprint density at radius 2 is 2.10 bits per heavy atom. The van der Waals surface area contributed by atoms with Crippen LogP contribution in [0.15, 0.2) is 17.5 Å². The van der Waals surface area contributed by atoms with Crippen LogP contribution in [0.5, 0.6) is 0 Å². The molecule has 3 heterocycles. The highest BCUT2D eigenvalue weighted by Gasteiger charge is 2.23. The molecule has 0 aromatic carbocycles. The van der Waals surface area contributed by atoms with Gasteiger partial charge in [0.1, 0.15) is 0 Å². The lowest BCUT2D eigenvalue weighted by molar-refractivity contribution is 0.0632. The molecule has 0 saturated carbocycles. The van der Waals surface area contributed by atoms with Crippen LogP contribution in [0.3, 0.4) is 0 Å². The molecule has 2 aromatic heterocycles. The number of piperazine rings is 1. The second kappa shape index (κ2) is 6.44. The Morgan fingerprint density at radius 3 is 2.67 bits per heavy atom. The van der Waals surface area contributed by atoms with Gasteiger partial charge in [0.2, 0.25) is 0 Å². The minimum absolute atomic E-state index is 0.0936. The molecular weight excluding hydrogens is 326 g/mol. The Kier molecular flexibility index (Phi) is 4.59. The SMILES string of the molecule is Cc1nc(CN2CCN(C(=O)c3ccc(Cl)s3)CC2)cs1. The van der Waals surface area contributed by atoms with Crippen LogP contribution in [0.4, 0.5) is 0 Å². The molecule has 0 aliphatic carbocycles. The van der Waals surface area contributed by atoms with Gasteiger partial charge in [-0.1, -0.05) is 11.6 Å². The van der Waals surface area contributed by atoms with Crippen molar-refractivity contribution in [3.63, 3.8) is 0 Å². The standard InChI is InChI=1S/C14H16ClN3OS2/c1-10-16-11(9-20-10)8-17-4-6-18(7-5-17)14(19)12-2-3-13(15)21-12/h2-3,9H,4-8H2,1H3. The second-order valence-electron chi connectivity index (χ2n) is 5.03. The van der Waals surface area contributed by atoms with Crippen molar-refractivity contribution in [1.82, 2.24) is 14.8 Å². The summed E-state index contributed by atoms with van der Waals surface area (Å²) in [6.07, 6.45) is 0. The smallest absolute Gasteiger partial charge is 0.264 e. The quantitative estimate of drug-likeness (QED) is 0.860. The van der Waals surface area contributed by atoms with E-state index < -0.39 is 0 Å². The third kappa shape index (κ3) is 3.63. The van der Waals surface area contributed by atoms with Crippen LogP contribution in [0.1, 0.15) is 20.4 Å². The van der Waals surface area contributed by atoms with Crippen LogP contribution >= 0.6 is 34.3 Å². The monoisotopic (exact) mass is 341 g/mol. The van der Waals surface area contributed by atoms with Gasteiger partial charge in [-0.3, -0.25) is 9.69 Å². The molecule has 21 heavy (non-hydrogen) atoms. The lowest BCUT2D eigenvalue weighted by atomic mass is 10.2. The van der Waals surface area contributed by atoms with Gasteiger partial charge >= 0.3 is 0 Å². The Hall–Kier alpha value is -0.950. The van der Waals surface area contributed by atoms with Gasteiger partial charge in [-0.15, -0.1) is 22.7 Å². The molecular formula is C14H16ClN3OS2. The second-order valence-corrected chi connectivity index (χ2v) is 7.81. The van der Waals surface area contributed by atoms with Crippen LogP contribution < -0.4 is 0 Å². The molecule has 0 N–H and O–H groups in total. The Labute approximate surface area is 137 Å². The fraction of sp³-hybridized carbons (Fsp3) is 0.429. The number of carbonyl (C=O) groups excluding carboxylic acids is 1. The molecule has 2 aromatic rings. The summed E-state index contributed by atoms with van der Waals surface area (Å²) in [5.74, 6) is 0.0936. The van der Waals surface area contributed by atoms with E-state index in [1.165, 1.54) is 11.3 Å². The summed E-state index contributed by atoms with van der Waals surface area (Å²) in [4.78, 5) is 21.8. The van der Waals surface area contributed by atoms with Gasteiger partial charge in [-0.25, -0.2) is 4.98 Å². The maximum Gasteiger partial charge on any atom is 0.264 e. The van der Waals surface area contributed by atoms with Crippen molar-refractivity contribution in [1.29, 1.82) is 0 Å². The van der Waals surface area contributed by atoms with Crippen molar-refractivity contribution in [3.8, 4) is 0 Å². The van der Waals surface area contributed by atoms with Crippen molar-refractivity contribution < 1.29 is 4.79 Å². The third-order valence-electron chi connectivity index (χ3n) is 3.50. The lowest BCUT2D eigenvalue weighted by Gasteiger charge is -2.34. The van der Waals surface area contributed by atoms with E-state index in [-0.39, 0.29) is 5.91 Å². The van der Waals surface area contributed by atoms with Crippen LogP contribution in [-0.2, 0) is 6.54 Å². The average molecular weight is 342 g/mol. The first-order chi connectivity index (χ1) is 10.1. The van der Waals surface area contributed by atoms with Crippen molar-refractivity contribution in [2.24, 2.45) is 0 Å². The largest absolute Gasteiger partial charge is 0.335 e. The van der Waals surface area contributed by atoms with E-state index in [0.717, 1.165) is 48.3 Å². The highest BCUT2D eigenvalue weighted by molar-refractivity contribution is 7.18. The van der Waals surface area contributed by atoms with E-state index in [1.807, 2.05) is 11.8 Å². The molecule has 0 atom stereocenters. The van der Waals surface area contributed by atoms with Gasteiger partial charge in [0.05, 0.1) is 19.9 Å². The molecule has 0 radical (unpaired) electrons. The molecule has 3 rings (SSSR count). The summed E-state index contributed by atoms with van der Waals surface area (Å²) in [5.41, 5.74) is 1.13. The number of aryl methyl sites for hydroxylation is 1. The van der Waals surface area contributed by atoms with Gasteiger partial charge in [0, 0.05) is 38.1 Å². The minimum atomic E-state index is 0.0936. The highest BCUT2D eigenvalue weighted by Crippen LogP contribution is 2.23. The van der Waals surface area contributed by atoms with Gasteiger partial charge in [0.15, 0.2) is 0 Å². The molecule has 112 valence electrons. The minimum Gasteiger partial charge on any atom is -0.335 e. The van der Waals surface area contributed by atoms with Crippen molar-refractivity contribution in [2.45, 2.75) is 13.5 Å². The zero-order valence-corrected chi connectivity index (χ0v) is 14.1. The van der Waals surface area contributed by atoms with Crippen molar-refractivity contribution in [3.05, 3.63) is 37.4 Å². The number of hydrogen-bond donors (Lipinski definition) is 0. The van der Waals surface area contributed by atoms with E-state index >= 15 is 0 Å². The maximum absolute atomic E-state index is 12.3. The zero-order chi connectivity index (χ0) is 14.8. The topological polar surface area (TPSA) is 36.4 Å². The molecule has 1 aliphatic rings. The molecule has 0 bridgehead atoms. The molecule has 1 fully saturated rings. The number of thiophene rings is 1. The van der Waals surface area contributed by atoms with Crippen LogP contribution in [-0.4, -0.2) is 46.9 Å². The van der Waals surface area contributed by atoms with Gasteiger partial charge < -0.3 is 4.90 Å². The van der Waals surface area contributed by atoms with Crippen LogP contribution in [0.2, 0.25) is 4.34 Å². The predicted molar refractivity (Wildman–Crippen MR) is 87.4 cm³/mol. The van der Waals surface area contributed by atoms with E-state index in [4.69, 9.17) is 11.6 Å². The third-order valence-corrected chi connectivity index (χ3v) is 5.54. The van der Waals surface area contributed by atoms with Crippen molar-refractivity contribution >= 4 is 40.2 Å². The summed E-state index contributed by atoms with van der Waals surface area (Å²) in [6.45, 7) is 6.20. The fourth-order valence-electron chi connectivity index (χ4n) is 2.40. The molecule has 4 nitrogen and oxygen atoms in total. The van der Waals surface area contributed by atoms with Crippen molar-refractivity contribution in [2.75, 3.05) is 26.2 Å². The number of carbonyl (C=O) groups is 1. The van der Waals surface area contributed by atoms with Crippen LogP contribution in [0, 0.1) is 6.92 Å². The van der Waals surface area contributed by atoms with E-state index in [9.17, 15) is 4.79 Å². The average Bonchev–Trinajstić information content (AvgIpc) is 3.08. The maximum atomic E-state index is 12.3. The summed E-state index contributed by atoms with van der Waals surface area (Å²) >= 11 is 8.92. The Bertz CT molecular complexity index is 632. The number of halogens is 1. The summed E-state index contributed by atoms with van der Waals surface area (Å²) in [5, 5.41) is 3.22. The Morgan fingerprint density at radius 1 is 1.33 bits per heavy atom. The molecule has 1 amide bonds. The van der Waals surface area contributed by atoms with E-state index in [1.54, 1.807) is 23.5 Å². The number of rotatable bonds is 3. The first kappa shape index (κ1) is 15.0. The molecule has 1 aliphatic heterocycles. The lowest BCUT2D eigenvalue weighted by Crippen LogP contribution is -2.48. The molecule has 0 spiro atoms. The predicted octanol–water partition coefficient (Wildman–Crippen LogP) is 3.12. The number of amides is 1.